The zero-order valence-electron chi connectivity index (χ0n) is 15.3. The van der Waals surface area contributed by atoms with Gasteiger partial charge in [-0.15, -0.1) is 11.3 Å². The number of esters is 1. The summed E-state index contributed by atoms with van der Waals surface area (Å²) in [5.41, 5.74) is 2.08. The Morgan fingerprint density at radius 2 is 1.89 bits per heavy atom. The number of hydrogen-bond donors (Lipinski definition) is 0. The Kier molecular flexibility index (Phi) is 5.12. The van der Waals surface area contributed by atoms with E-state index in [0.29, 0.717) is 12.1 Å². The van der Waals surface area contributed by atoms with E-state index in [2.05, 4.69) is 0 Å². The molecule has 3 aromatic rings. The van der Waals surface area contributed by atoms with Crippen molar-refractivity contribution in [2.45, 2.75) is 19.1 Å². The molecule has 2 aromatic carbocycles. The number of carbonyl (C=O) groups excluding carboxylic acids is 2. The van der Waals surface area contributed by atoms with E-state index in [1.165, 1.54) is 0 Å². The number of carbonyl (C=O) groups is 2. The number of nitrogens with zero attached hydrogens (tertiary/aromatic N) is 1. The number of ether oxygens (including phenoxy) is 2. The standard InChI is InChI=1S/C22H19NO4S/c1-26-16-10-8-15(9-11-16)23(14-17-5-4-12-28-17)21(24)13-20-18-6-2-3-7-19(18)22(25)27-20/h2-12,20H,13-14H2,1H3. The number of methoxy groups -OCH3 is 1. The minimum atomic E-state index is -0.555. The van der Waals surface area contributed by atoms with Crippen molar-refractivity contribution in [3.8, 4) is 5.75 Å². The summed E-state index contributed by atoms with van der Waals surface area (Å²) in [6, 6.07) is 18.6. The van der Waals surface area contributed by atoms with E-state index in [1.54, 1.807) is 35.5 Å². The summed E-state index contributed by atoms with van der Waals surface area (Å²) in [5.74, 6) is 0.252. The van der Waals surface area contributed by atoms with Crippen LogP contribution >= 0.6 is 11.3 Å². The Balaban J connectivity index is 1.59. The van der Waals surface area contributed by atoms with Gasteiger partial charge in [0.15, 0.2) is 0 Å². The Morgan fingerprint density at radius 1 is 1.11 bits per heavy atom. The van der Waals surface area contributed by atoms with Crippen LogP contribution in [0.2, 0.25) is 0 Å². The quantitative estimate of drug-likeness (QED) is 0.575. The van der Waals surface area contributed by atoms with Gasteiger partial charge in [0.1, 0.15) is 11.9 Å². The highest BCUT2D eigenvalue weighted by Crippen LogP contribution is 2.34. The fourth-order valence-electron chi connectivity index (χ4n) is 3.28. The van der Waals surface area contributed by atoms with Crippen molar-refractivity contribution >= 4 is 28.9 Å². The lowest BCUT2D eigenvalue weighted by atomic mass is 10.0. The number of amides is 1. The number of rotatable bonds is 6. The highest BCUT2D eigenvalue weighted by atomic mass is 32.1. The first-order chi connectivity index (χ1) is 13.7. The molecule has 1 aromatic heterocycles. The maximum atomic E-state index is 13.2. The third-order valence-electron chi connectivity index (χ3n) is 4.72. The zero-order chi connectivity index (χ0) is 19.5. The molecule has 0 saturated heterocycles. The van der Waals surface area contributed by atoms with Crippen molar-refractivity contribution in [1.82, 2.24) is 0 Å². The van der Waals surface area contributed by atoms with Gasteiger partial charge in [-0.2, -0.15) is 0 Å². The average Bonchev–Trinajstić information content (AvgIpc) is 3.35. The lowest BCUT2D eigenvalue weighted by molar-refractivity contribution is -0.120. The summed E-state index contributed by atoms with van der Waals surface area (Å²) in [4.78, 5) is 28.1. The highest BCUT2D eigenvalue weighted by Gasteiger charge is 2.33. The summed E-state index contributed by atoms with van der Waals surface area (Å²) >= 11 is 1.60. The summed E-state index contributed by atoms with van der Waals surface area (Å²) in [5, 5.41) is 1.99. The van der Waals surface area contributed by atoms with E-state index < -0.39 is 6.10 Å². The number of thiophene rings is 1. The van der Waals surface area contributed by atoms with Crippen molar-refractivity contribution in [3.63, 3.8) is 0 Å². The first-order valence-electron chi connectivity index (χ1n) is 8.92. The van der Waals surface area contributed by atoms with Gasteiger partial charge < -0.3 is 14.4 Å². The molecular formula is C22H19NO4S. The normalized spacial score (nSPS) is 15.0. The predicted octanol–water partition coefficient (Wildman–Crippen LogP) is 4.59. The smallest absolute Gasteiger partial charge is 0.339 e. The van der Waals surface area contributed by atoms with Crippen molar-refractivity contribution in [1.29, 1.82) is 0 Å². The van der Waals surface area contributed by atoms with Gasteiger partial charge in [0.05, 0.1) is 25.6 Å². The minimum Gasteiger partial charge on any atom is -0.497 e. The van der Waals surface area contributed by atoms with Crippen LogP contribution < -0.4 is 9.64 Å². The molecule has 142 valence electrons. The zero-order valence-corrected chi connectivity index (χ0v) is 16.1. The van der Waals surface area contributed by atoms with Crippen LogP contribution in [-0.4, -0.2) is 19.0 Å². The minimum absolute atomic E-state index is 0.0974. The monoisotopic (exact) mass is 393 g/mol. The highest BCUT2D eigenvalue weighted by molar-refractivity contribution is 7.09. The molecule has 1 unspecified atom stereocenters. The van der Waals surface area contributed by atoms with E-state index in [9.17, 15) is 9.59 Å². The Bertz CT molecular complexity index is 982. The van der Waals surface area contributed by atoms with Crippen molar-refractivity contribution in [2.24, 2.45) is 0 Å². The van der Waals surface area contributed by atoms with E-state index >= 15 is 0 Å². The molecule has 1 atom stereocenters. The molecular weight excluding hydrogens is 374 g/mol. The van der Waals surface area contributed by atoms with Gasteiger partial charge in [0.25, 0.3) is 0 Å². The van der Waals surface area contributed by atoms with Crippen LogP contribution in [0.25, 0.3) is 0 Å². The molecule has 0 radical (unpaired) electrons. The summed E-state index contributed by atoms with van der Waals surface area (Å²) in [6.45, 7) is 0.463. The maximum absolute atomic E-state index is 13.2. The van der Waals surface area contributed by atoms with Gasteiger partial charge >= 0.3 is 5.97 Å². The van der Waals surface area contributed by atoms with Gasteiger partial charge in [0.2, 0.25) is 5.91 Å². The molecule has 6 heteroatoms. The number of benzene rings is 2. The molecule has 1 amide bonds. The molecule has 1 aliphatic heterocycles. The van der Waals surface area contributed by atoms with Crippen molar-refractivity contribution in [3.05, 3.63) is 82.0 Å². The van der Waals surface area contributed by atoms with Crippen LogP contribution in [0.3, 0.4) is 0 Å². The van der Waals surface area contributed by atoms with E-state index in [4.69, 9.17) is 9.47 Å². The molecule has 0 aliphatic carbocycles. The Morgan fingerprint density at radius 3 is 2.61 bits per heavy atom. The fourth-order valence-corrected chi connectivity index (χ4v) is 3.98. The molecule has 4 rings (SSSR count). The van der Waals surface area contributed by atoms with E-state index in [0.717, 1.165) is 21.9 Å². The average molecular weight is 393 g/mol. The molecule has 0 fully saturated rings. The number of fused-ring (bicyclic) bond motifs is 1. The number of anilines is 1. The maximum Gasteiger partial charge on any atom is 0.339 e. The second-order valence-electron chi connectivity index (χ2n) is 6.44. The van der Waals surface area contributed by atoms with Gasteiger partial charge in [-0.05, 0) is 41.8 Å². The topological polar surface area (TPSA) is 55.8 Å². The molecule has 1 aliphatic rings. The first-order valence-corrected chi connectivity index (χ1v) is 9.80. The van der Waals surface area contributed by atoms with Gasteiger partial charge in [-0.3, -0.25) is 4.79 Å². The first kappa shape index (κ1) is 18.3. The van der Waals surface area contributed by atoms with Crippen LogP contribution in [0.15, 0.2) is 66.0 Å². The summed E-state index contributed by atoms with van der Waals surface area (Å²) in [7, 11) is 1.61. The third-order valence-corrected chi connectivity index (χ3v) is 5.58. The largest absolute Gasteiger partial charge is 0.497 e. The molecule has 28 heavy (non-hydrogen) atoms. The third kappa shape index (κ3) is 3.64. The van der Waals surface area contributed by atoms with Crippen molar-refractivity contribution in [2.75, 3.05) is 12.0 Å². The lowest BCUT2D eigenvalue weighted by Crippen LogP contribution is -2.31. The Labute approximate surface area is 167 Å². The van der Waals surface area contributed by atoms with E-state index in [1.807, 2.05) is 53.9 Å². The van der Waals surface area contributed by atoms with Crippen LogP contribution in [0.4, 0.5) is 5.69 Å². The molecule has 0 bridgehead atoms. The molecule has 2 heterocycles. The molecule has 5 nitrogen and oxygen atoms in total. The van der Waals surface area contributed by atoms with E-state index in [-0.39, 0.29) is 18.3 Å². The van der Waals surface area contributed by atoms with Crippen LogP contribution in [0, 0.1) is 0 Å². The van der Waals surface area contributed by atoms with Gasteiger partial charge in [-0.1, -0.05) is 24.3 Å². The van der Waals surface area contributed by atoms with Crippen LogP contribution in [-0.2, 0) is 16.1 Å². The number of cyclic esters (lactones) is 1. The lowest BCUT2D eigenvalue weighted by Gasteiger charge is -2.24. The van der Waals surface area contributed by atoms with Crippen LogP contribution in [0.1, 0.15) is 33.3 Å². The molecule has 0 N–H and O–H groups in total. The second-order valence-corrected chi connectivity index (χ2v) is 7.47. The second kappa shape index (κ2) is 7.86. The van der Waals surface area contributed by atoms with Crippen LogP contribution in [0.5, 0.6) is 5.75 Å². The predicted molar refractivity (Wildman–Crippen MR) is 108 cm³/mol. The molecule has 0 saturated carbocycles. The Hall–Kier alpha value is -3.12. The molecule has 0 spiro atoms. The SMILES string of the molecule is COc1ccc(N(Cc2cccs2)C(=O)CC2OC(=O)c3ccccc32)cc1. The fraction of sp³-hybridized carbons (Fsp3) is 0.182. The summed E-state index contributed by atoms with van der Waals surface area (Å²) < 4.78 is 10.7. The van der Waals surface area contributed by atoms with Gasteiger partial charge in [0, 0.05) is 16.1 Å². The van der Waals surface area contributed by atoms with Gasteiger partial charge in [-0.25, -0.2) is 4.79 Å². The van der Waals surface area contributed by atoms with Crippen molar-refractivity contribution < 1.29 is 19.1 Å². The number of hydrogen-bond acceptors (Lipinski definition) is 5. The summed E-state index contributed by atoms with van der Waals surface area (Å²) in [6.07, 6.45) is -0.458.